The van der Waals surface area contributed by atoms with Crippen LogP contribution in [0, 0.1) is 12.7 Å². The van der Waals surface area contributed by atoms with Gasteiger partial charge in [-0.25, -0.2) is 4.39 Å². The molecule has 0 spiro atoms. The average molecular weight is 294 g/mol. The number of halogens is 1. The molecule has 0 bridgehead atoms. The molecule has 1 saturated carbocycles. The lowest BCUT2D eigenvalue weighted by Crippen LogP contribution is -2.43. The summed E-state index contributed by atoms with van der Waals surface area (Å²) < 4.78 is 14.2. The fourth-order valence-corrected chi connectivity index (χ4v) is 3.06. The Labute approximate surface area is 124 Å². The Morgan fingerprint density at radius 1 is 1.38 bits per heavy atom. The van der Waals surface area contributed by atoms with Crippen molar-refractivity contribution in [3.05, 3.63) is 29.1 Å². The fraction of sp³-hybridized carbons (Fsp3) is 0.562. The fourth-order valence-electron chi connectivity index (χ4n) is 3.06. The van der Waals surface area contributed by atoms with Crippen molar-refractivity contribution in [2.75, 3.05) is 18.9 Å². The molecule has 2 rings (SSSR count). The molecule has 1 aromatic carbocycles. The molecule has 0 radical (unpaired) electrons. The van der Waals surface area contributed by atoms with Crippen molar-refractivity contribution >= 4 is 11.6 Å². The van der Waals surface area contributed by atoms with Crippen LogP contribution >= 0.6 is 0 Å². The molecule has 0 aromatic heterocycles. The number of nitrogens with zero attached hydrogens (tertiary/aromatic N) is 1. The molecule has 0 unspecified atom stereocenters. The summed E-state index contributed by atoms with van der Waals surface area (Å²) in [4.78, 5) is 14.3. The number of aliphatic hydroxyl groups excluding tert-OH is 1. The molecular formula is C16H23FN2O2. The van der Waals surface area contributed by atoms with Crippen LogP contribution in [0.5, 0.6) is 0 Å². The largest absolute Gasteiger partial charge is 0.399 e. The number of carbonyl (C=O) groups is 1. The number of carbonyl (C=O) groups excluding carboxylic acids is 1. The second-order valence-corrected chi connectivity index (χ2v) is 5.71. The summed E-state index contributed by atoms with van der Waals surface area (Å²) in [5.41, 5.74) is 6.48. The first-order chi connectivity index (χ1) is 10.0. The maximum atomic E-state index is 14.2. The Bertz CT molecular complexity index is 513. The maximum Gasteiger partial charge on any atom is 0.257 e. The number of amides is 1. The molecule has 4 nitrogen and oxygen atoms in total. The highest BCUT2D eigenvalue weighted by molar-refractivity contribution is 5.95. The van der Waals surface area contributed by atoms with Gasteiger partial charge in [-0.1, -0.05) is 19.3 Å². The standard InChI is InChI=1S/C16H23FN2O2/c1-11-9-12(18)10-14(15(11)17)16(21)19(7-8-20)13-5-3-2-4-6-13/h9-10,13,20H,2-8,18H2,1H3. The molecule has 116 valence electrons. The Balaban J connectivity index is 2.29. The third kappa shape index (κ3) is 3.53. The first-order valence-electron chi connectivity index (χ1n) is 7.52. The smallest absolute Gasteiger partial charge is 0.257 e. The molecule has 21 heavy (non-hydrogen) atoms. The first kappa shape index (κ1) is 15.8. The highest BCUT2D eigenvalue weighted by Crippen LogP contribution is 2.26. The minimum Gasteiger partial charge on any atom is -0.399 e. The summed E-state index contributed by atoms with van der Waals surface area (Å²) in [5, 5.41) is 9.23. The van der Waals surface area contributed by atoms with Gasteiger partial charge >= 0.3 is 0 Å². The van der Waals surface area contributed by atoms with E-state index in [4.69, 9.17) is 5.73 Å². The molecule has 0 heterocycles. The van der Waals surface area contributed by atoms with Crippen molar-refractivity contribution < 1.29 is 14.3 Å². The van der Waals surface area contributed by atoms with E-state index in [2.05, 4.69) is 0 Å². The van der Waals surface area contributed by atoms with E-state index in [0.29, 0.717) is 11.3 Å². The van der Waals surface area contributed by atoms with Crippen molar-refractivity contribution in [3.63, 3.8) is 0 Å². The van der Waals surface area contributed by atoms with Gasteiger partial charge in [0.25, 0.3) is 5.91 Å². The number of rotatable bonds is 4. The number of nitrogen functional groups attached to an aromatic ring is 1. The van der Waals surface area contributed by atoms with Crippen molar-refractivity contribution in [3.8, 4) is 0 Å². The van der Waals surface area contributed by atoms with Crippen molar-refractivity contribution in [2.45, 2.75) is 45.1 Å². The van der Waals surface area contributed by atoms with Gasteiger partial charge in [0.05, 0.1) is 12.2 Å². The van der Waals surface area contributed by atoms with Crippen LogP contribution in [-0.4, -0.2) is 35.1 Å². The summed E-state index contributed by atoms with van der Waals surface area (Å²) in [7, 11) is 0. The second-order valence-electron chi connectivity index (χ2n) is 5.71. The molecule has 0 saturated heterocycles. The molecule has 1 amide bonds. The zero-order valence-corrected chi connectivity index (χ0v) is 12.4. The van der Waals surface area contributed by atoms with Gasteiger partial charge in [-0.3, -0.25) is 4.79 Å². The lowest BCUT2D eigenvalue weighted by atomic mass is 9.93. The molecule has 0 aliphatic heterocycles. The molecule has 1 aliphatic rings. The maximum absolute atomic E-state index is 14.2. The normalized spacial score (nSPS) is 16.0. The van der Waals surface area contributed by atoms with Crippen LogP contribution in [0.25, 0.3) is 0 Å². The van der Waals surface area contributed by atoms with Crippen LogP contribution in [0.3, 0.4) is 0 Å². The van der Waals surface area contributed by atoms with Crippen LogP contribution in [-0.2, 0) is 0 Å². The van der Waals surface area contributed by atoms with Crippen LogP contribution in [0.1, 0.15) is 48.0 Å². The molecule has 1 aromatic rings. The van der Waals surface area contributed by atoms with Crippen LogP contribution in [0.15, 0.2) is 12.1 Å². The third-order valence-electron chi connectivity index (χ3n) is 4.12. The highest BCUT2D eigenvalue weighted by atomic mass is 19.1. The van der Waals surface area contributed by atoms with E-state index < -0.39 is 5.82 Å². The van der Waals surface area contributed by atoms with Gasteiger partial charge in [0.1, 0.15) is 5.82 Å². The molecule has 1 aliphatic carbocycles. The van der Waals surface area contributed by atoms with E-state index >= 15 is 0 Å². The van der Waals surface area contributed by atoms with Crippen molar-refractivity contribution in [2.24, 2.45) is 0 Å². The second kappa shape index (κ2) is 6.89. The SMILES string of the molecule is Cc1cc(N)cc(C(=O)N(CCO)C2CCCCC2)c1F. The Morgan fingerprint density at radius 3 is 2.67 bits per heavy atom. The molecule has 0 atom stereocenters. The van der Waals surface area contributed by atoms with Gasteiger partial charge in [-0.15, -0.1) is 0 Å². The minimum atomic E-state index is -0.520. The van der Waals surface area contributed by atoms with Gasteiger partial charge in [0.15, 0.2) is 0 Å². The van der Waals surface area contributed by atoms with Crippen molar-refractivity contribution in [1.29, 1.82) is 0 Å². The minimum absolute atomic E-state index is 0.00604. The summed E-state index contributed by atoms with van der Waals surface area (Å²) in [6.45, 7) is 1.71. The molecule has 3 N–H and O–H groups in total. The molecule has 5 heteroatoms. The number of nitrogens with two attached hydrogens (primary N) is 1. The summed E-state index contributed by atoms with van der Waals surface area (Å²) in [6.07, 6.45) is 5.13. The Hall–Kier alpha value is -1.62. The number of benzene rings is 1. The van der Waals surface area contributed by atoms with Crippen molar-refractivity contribution in [1.82, 2.24) is 4.90 Å². The van der Waals surface area contributed by atoms with E-state index in [-0.39, 0.29) is 30.7 Å². The monoisotopic (exact) mass is 294 g/mol. The average Bonchev–Trinajstić information content (AvgIpc) is 2.48. The van der Waals surface area contributed by atoms with Gasteiger partial charge in [-0.2, -0.15) is 0 Å². The van der Waals surface area contributed by atoms with E-state index in [9.17, 15) is 14.3 Å². The molecular weight excluding hydrogens is 271 g/mol. The lowest BCUT2D eigenvalue weighted by molar-refractivity contribution is 0.0580. The van der Waals surface area contributed by atoms with E-state index in [1.165, 1.54) is 18.6 Å². The lowest BCUT2D eigenvalue weighted by Gasteiger charge is -2.34. The first-order valence-corrected chi connectivity index (χ1v) is 7.52. The number of hydrogen-bond acceptors (Lipinski definition) is 3. The highest BCUT2D eigenvalue weighted by Gasteiger charge is 2.28. The number of anilines is 1. The van der Waals surface area contributed by atoms with Crippen LogP contribution in [0.4, 0.5) is 10.1 Å². The van der Waals surface area contributed by atoms with E-state index in [1.807, 2.05) is 0 Å². The Kier molecular flexibility index (Phi) is 5.17. The Morgan fingerprint density at radius 2 is 2.05 bits per heavy atom. The van der Waals surface area contributed by atoms with E-state index in [1.54, 1.807) is 11.8 Å². The molecule has 1 fully saturated rings. The van der Waals surface area contributed by atoms with Gasteiger partial charge in [0, 0.05) is 18.3 Å². The van der Waals surface area contributed by atoms with Gasteiger partial charge < -0.3 is 15.7 Å². The zero-order valence-electron chi connectivity index (χ0n) is 12.4. The van der Waals surface area contributed by atoms with Crippen LogP contribution in [0.2, 0.25) is 0 Å². The van der Waals surface area contributed by atoms with Gasteiger partial charge in [0.2, 0.25) is 0 Å². The predicted molar refractivity (Wildman–Crippen MR) is 80.5 cm³/mol. The summed E-state index contributed by atoms with van der Waals surface area (Å²) in [6, 6.07) is 2.99. The van der Waals surface area contributed by atoms with E-state index in [0.717, 1.165) is 25.7 Å². The number of aryl methyl sites for hydroxylation is 1. The number of hydrogen-bond donors (Lipinski definition) is 2. The topological polar surface area (TPSA) is 66.6 Å². The number of aliphatic hydroxyl groups is 1. The van der Waals surface area contributed by atoms with Gasteiger partial charge in [-0.05, 0) is 37.5 Å². The summed E-state index contributed by atoms with van der Waals surface area (Å²) >= 11 is 0. The van der Waals surface area contributed by atoms with Crippen LogP contribution < -0.4 is 5.73 Å². The third-order valence-corrected chi connectivity index (χ3v) is 4.12. The summed E-state index contributed by atoms with van der Waals surface area (Å²) in [5.74, 6) is -0.892. The predicted octanol–water partition coefficient (Wildman–Crippen LogP) is 2.48. The quantitative estimate of drug-likeness (QED) is 0.838. The zero-order chi connectivity index (χ0) is 15.4.